The van der Waals surface area contributed by atoms with E-state index in [9.17, 15) is 9.36 Å². The molecular formula is C6H11O5P. The van der Waals surface area contributed by atoms with Gasteiger partial charge in [0, 0.05) is 20.3 Å². The molecule has 0 heterocycles. The molecule has 0 radical (unpaired) electrons. The first-order valence-corrected chi connectivity index (χ1v) is 4.61. The fraction of sp³-hybridized carbons (Fsp3) is 0.500. The van der Waals surface area contributed by atoms with Gasteiger partial charge in [-0.1, -0.05) is 6.08 Å². The van der Waals surface area contributed by atoms with E-state index in [4.69, 9.17) is 0 Å². The number of phosphoric acid groups is 1. The van der Waals surface area contributed by atoms with Crippen LogP contribution in [0, 0.1) is 0 Å². The minimum atomic E-state index is -3.67. The van der Waals surface area contributed by atoms with Crippen LogP contribution in [0.25, 0.3) is 0 Å². The van der Waals surface area contributed by atoms with Crippen LogP contribution in [-0.4, -0.2) is 20.2 Å². The molecule has 6 heteroatoms. The van der Waals surface area contributed by atoms with Crippen molar-refractivity contribution in [3.63, 3.8) is 0 Å². The molecule has 0 aromatic carbocycles. The molecule has 12 heavy (non-hydrogen) atoms. The van der Waals surface area contributed by atoms with Gasteiger partial charge in [-0.25, -0.2) is 9.36 Å². The minimum Gasteiger partial charge on any atom is -0.367 e. The second kappa shape index (κ2) is 5.09. The summed E-state index contributed by atoms with van der Waals surface area (Å²) in [7, 11) is -1.40. The van der Waals surface area contributed by atoms with E-state index in [0.29, 0.717) is 0 Å². The van der Waals surface area contributed by atoms with Crippen molar-refractivity contribution in [2.75, 3.05) is 14.2 Å². The molecule has 0 N–H and O–H groups in total. The first-order chi connectivity index (χ1) is 5.58. The number of hydrogen-bond acceptors (Lipinski definition) is 5. The number of rotatable bonds is 4. The van der Waals surface area contributed by atoms with E-state index in [2.05, 4.69) is 13.6 Å². The molecule has 0 unspecified atom stereocenters. The van der Waals surface area contributed by atoms with Gasteiger partial charge in [-0.05, 0) is 6.92 Å². The Morgan fingerprint density at radius 3 is 2.17 bits per heavy atom. The Labute approximate surface area is 70.9 Å². The van der Waals surface area contributed by atoms with E-state index >= 15 is 0 Å². The smallest absolute Gasteiger partial charge is 0.367 e. The summed E-state index contributed by atoms with van der Waals surface area (Å²) in [4.78, 5) is 10.7. The van der Waals surface area contributed by atoms with Gasteiger partial charge in [0.05, 0.1) is 0 Å². The largest absolute Gasteiger partial charge is 0.531 e. The molecule has 0 saturated carbocycles. The van der Waals surface area contributed by atoms with Crippen LogP contribution in [-0.2, 0) is 22.9 Å². The maximum Gasteiger partial charge on any atom is 0.531 e. The van der Waals surface area contributed by atoms with Crippen molar-refractivity contribution in [2.45, 2.75) is 6.92 Å². The van der Waals surface area contributed by atoms with Gasteiger partial charge in [0.1, 0.15) is 0 Å². The van der Waals surface area contributed by atoms with E-state index in [1.165, 1.54) is 6.08 Å². The lowest BCUT2D eigenvalue weighted by molar-refractivity contribution is -0.130. The van der Waals surface area contributed by atoms with Crippen molar-refractivity contribution in [1.82, 2.24) is 0 Å². The third-order valence-electron chi connectivity index (χ3n) is 0.952. The molecule has 0 rings (SSSR count). The summed E-state index contributed by atoms with van der Waals surface area (Å²) in [6, 6.07) is 0. The van der Waals surface area contributed by atoms with Gasteiger partial charge in [-0.15, -0.1) is 0 Å². The number of phosphoric ester groups is 1. The van der Waals surface area contributed by atoms with Crippen LogP contribution in [0.3, 0.4) is 0 Å². The minimum absolute atomic E-state index is 0.760. The number of allylic oxidation sites excluding steroid dienone is 1. The highest BCUT2D eigenvalue weighted by Gasteiger charge is 2.26. The average molecular weight is 194 g/mol. The Kier molecular flexibility index (Phi) is 4.81. The van der Waals surface area contributed by atoms with Gasteiger partial charge in [0.2, 0.25) is 0 Å². The predicted molar refractivity (Wildman–Crippen MR) is 42.5 cm³/mol. The van der Waals surface area contributed by atoms with E-state index in [0.717, 1.165) is 20.3 Å². The highest BCUT2D eigenvalue weighted by molar-refractivity contribution is 7.49. The van der Waals surface area contributed by atoms with E-state index in [1.807, 2.05) is 0 Å². The van der Waals surface area contributed by atoms with E-state index in [-0.39, 0.29) is 0 Å². The summed E-state index contributed by atoms with van der Waals surface area (Å²) < 4.78 is 24.2. The summed E-state index contributed by atoms with van der Waals surface area (Å²) in [5.41, 5.74) is 0. The fourth-order valence-electron chi connectivity index (χ4n) is 0.426. The zero-order chi connectivity index (χ0) is 9.61. The molecule has 5 nitrogen and oxygen atoms in total. The molecule has 0 aliphatic rings. The number of hydrogen-bond donors (Lipinski definition) is 0. The van der Waals surface area contributed by atoms with Crippen molar-refractivity contribution in [2.24, 2.45) is 0 Å². The summed E-state index contributed by atoms with van der Waals surface area (Å²) in [5, 5.41) is 0. The molecule has 0 aromatic rings. The highest BCUT2D eigenvalue weighted by atomic mass is 31.2. The third-order valence-corrected chi connectivity index (χ3v) is 2.25. The van der Waals surface area contributed by atoms with Crippen LogP contribution in [0.1, 0.15) is 6.92 Å². The lowest BCUT2D eigenvalue weighted by Crippen LogP contribution is -2.01. The molecule has 70 valence electrons. The molecule has 0 spiro atoms. The van der Waals surface area contributed by atoms with Crippen molar-refractivity contribution in [3.8, 4) is 0 Å². The Balaban J connectivity index is 4.22. The molecule has 0 bridgehead atoms. The van der Waals surface area contributed by atoms with Crippen LogP contribution in [0.2, 0.25) is 0 Å². The monoisotopic (exact) mass is 194 g/mol. The summed E-state index contributed by atoms with van der Waals surface area (Å²) >= 11 is 0. The van der Waals surface area contributed by atoms with Gasteiger partial charge >= 0.3 is 13.8 Å². The molecule has 0 saturated heterocycles. The fourth-order valence-corrected chi connectivity index (χ4v) is 1.01. The topological polar surface area (TPSA) is 61.8 Å². The predicted octanol–water partition coefficient (Wildman–Crippen LogP) is 1.51. The van der Waals surface area contributed by atoms with Crippen LogP contribution >= 0.6 is 7.82 Å². The first-order valence-electron chi connectivity index (χ1n) is 3.15. The summed E-state index contributed by atoms with van der Waals surface area (Å²) in [6.07, 6.45) is 2.57. The van der Waals surface area contributed by atoms with Gasteiger partial charge in [-0.2, -0.15) is 0 Å². The van der Waals surface area contributed by atoms with Crippen LogP contribution in [0.4, 0.5) is 0 Å². The van der Waals surface area contributed by atoms with Crippen LogP contribution in [0.15, 0.2) is 12.2 Å². The molecule has 0 aliphatic heterocycles. The summed E-state index contributed by atoms with van der Waals surface area (Å²) in [5.74, 6) is -0.760. The normalized spacial score (nSPS) is 11.9. The van der Waals surface area contributed by atoms with Crippen molar-refractivity contribution in [3.05, 3.63) is 12.2 Å². The molecule has 0 aromatic heterocycles. The van der Waals surface area contributed by atoms with Crippen molar-refractivity contribution >= 4 is 13.8 Å². The van der Waals surface area contributed by atoms with Gasteiger partial charge in [0.15, 0.2) is 0 Å². The molecule has 0 fully saturated rings. The molecule has 0 amide bonds. The SMILES string of the molecule is C/C=C/C(=O)OP(=O)(OC)OC. The Morgan fingerprint density at radius 2 is 1.83 bits per heavy atom. The maximum atomic E-state index is 11.1. The average Bonchev–Trinajstić information content (AvgIpc) is 2.05. The zero-order valence-corrected chi connectivity index (χ0v) is 8.04. The standard InChI is InChI=1S/C6H11O5P/c1-4-5-6(7)11-12(8,9-2)10-3/h4-5H,1-3H3/b5-4+. The zero-order valence-electron chi connectivity index (χ0n) is 7.14. The Hall–Kier alpha value is -0.640. The molecule has 0 aliphatic carbocycles. The van der Waals surface area contributed by atoms with Gasteiger partial charge in [0.25, 0.3) is 0 Å². The quantitative estimate of drug-likeness (QED) is 0.501. The summed E-state index contributed by atoms with van der Waals surface area (Å²) in [6.45, 7) is 1.63. The van der Waals surface area contributed by atoms with E-state index in [1.54, 1.807) is 6.92 Å². The van der Waals surface area contributed by atoms with Gasteiger partial charge < -0.3 is 4.52 Å². The van der Waals surface area contributed by atoms with Crippen LogP contribution < -0.4 is 0 Å². The second-order valence-electron chi connectivity index (χ2n) is 1.72. The van der Waals surface area contributed by atoms with E-state index < -0.39 is 13.8 Å². The van der Waals surface area contributed by atoms with Crippen LogP contribution in [0.5, 0.6) is 0 Å². The Morgan fingerprint density at radius 1 is 1.33 bits per heavy atom. The maximum absolute atomic E-state index is 11.1. The van der Waals surface area contributed by atoms with Crippen molar-refractivity contribution in [1.29, 1.82) is 0 Å². The number of carbonyl (C=O) groups excluding carboxylic acids is 1. The lowest BCUT2D eigenvalue weighted by Gasteiger charge is -2.10. The van der Waals surface area contributed by atoms with Gasteiger partial charge in [-0.3, -0.25) is 9.05 Å². The van der Waals surface area contributed by atoms with Crippen molar-refractivity contribution < 1.29 is 22.9 Å². The first kappa shape index (κ1) is 11.4. The molecular weight excluding hydrogens is 183 g/mol. The third kappa shape index (κ3) is 3.67. The second-order valence-corrected chi connectivity index (χ2v) is 3.53. The Bertz CT molecular complexity index is 214. The highest BCUT2D eigenvalue weighted by Crippen LogP contribution is 2.47. The number of carbonyl (C=O) groups is 1. The molecule has 0 atom stereocenters. The lowest BCUT2D eigenvalue weighted by atomic mass is 10.5.